The number of tetrazole rings is 1. The summed E-state index contributed by atoms with van der Waals surface area (Å²) in [5.41, 5.74) is 0. The van der Waals surface area contributed by atoms with Gasteiger partial charge in [0.1, 0.15) is 0 Å². The quantitative estimate of drug-likeness (QED) is 0.626. The summed E-state index contributed by atoms with van der Waals surface area (Å²) in [7, 11) is 1.73. The first kappa shape index (κ1) is 9.71. The van der Waals surface area contributed by atoms with E-state index in [-0.39, 0.29) is 0 Å². The first-order chi connectivity index (χ1) is 7.34. The van der Waals surface area contributed by atoms with Crippen LogP contribution in [0.15, 0.2) is 10.9 Å². The van der Waals surface area contributed by atoms with Gasteiger partial charge in [-0.25, -0.2) is 0 Å². The van der Waals surface area contributed by atoms with Crippen LogP contribution >= 0.6 is 0 Å². The van der Waals surface area contributed by atoms with E-state index in [9.17, 15) is 0 Å². The molecule has 1 N–H and O–H groups in total. The Morgan fingerprint density at radius 3 is 3.13 bits per heavy atom. The second-order valence-corrected chi connectivity index (χ2v) is 2.96. The van der Waals surface area contributed by atoms with Gasteiger partial charge in [-0.3, -0.25) is 0 Å². The average Bonchev–Trinajstić information content (AvgIpc) is 2.84. The topological polar surface area (TPSA) is 94.6 Å². The summed E-state index contributed by atoms with van der Waals surface area (Å²) in [4.78, 5) is 5.33. The Labute approximate surface area is 85.7 Å². The van der Waals surface area contributed by atoms with Gasteiger partial charge in [0, 0.05) is 13.0 Å². The lowest BCUT2D eigenvalue weighted by Crippen LogP contribution is -2.17. The maximum atomic E-state index is 4.84. The van der Waals surface area contributed by atoms with Gasteiger partial charge in [0.15, 0.2) is 12.2 Å². The van der Waals surface area contributed by atoms with Gasteiger partial charge >= 0.3 is 0 Å². The molecule has 0 aliphatic rings. The molecule has 0 spiro atoms. The Balaban J connectivity index is 1.67. The van der Waals surface area contributed by atoms with E-state index in [1.807, 2.05) is 0 Å². The Bertz CT molecular complexity index is 395. The Morgan fingerprint density at radius 1 is 1.53 bits per heavy atom. The second-order valence-electron chi connectivity index (χ2n) is 2.96. The summed E-state index contributed by atoms with van der Waals surface area (Å²) in [6.07, 6.45) is 2.08. The van der Waals surface area contributed by atoms with Crippen LogP contribution in [0.4, 0.5) is 0 Å². The van der Waals surface area contributed by atoms with Crippen LogP contribution in [0.5, 0.6) is 0 Å². The van der Waals surface area contributed by atoms with E-state index in [4.69, 9.17) is 4.52 Å². The Kier molecular flexibility index (Phi) is 2.98. The van der Waals surface area contributed by atoms with Gasteiger partial charge in [0.25, 0.3) is 0 Å². The molecule has 2 rings (SSSR count). The maximum absolute atomic E-state index is 4.84. The molecule has 0 aliphatic heterocycles. The predicted octanol–water partition coefficient (Wildman–Crippen LogP) is -1.07. The third kappa shape index (κ3) is 2.81. The second kappa shape index (κ2) is 4.60. The van der Waals surface area contributed by atoms with Crippen molar-refractivity contribution in [3.63, 3.8) is 0 Å². The summed E-state index contributed by atoms with van der Waals surface area (Å²) < 4.78 is 4.84. The minimum Gasteiger partial charge on any atom is -0.340 e. The van der Waals surface area contributed by atoms with Gasteiger partial charge in [-0.1, -0.05) is 5.16 Å². The van der Waals surface area contributed by atoms with Gasteiger partial charge in [-0.15, -0.1) is 10.2 Å². The van der Waals surface area contributed by atoms with E-state index in [0.29, 0.717) is 24.7 Å². The molecule has 2 heterocycles. The van der Waals surface area contributed by atoms with Crippen LogP contribution in [0.1, 0.15) is 11.7 Å². The van der Waals surface area contributed by atoms with Gasteiger partial charge in [-0.05, 0) is 5.21 Å². The lowest BCUT2D eigenvalue weighted by Gasteiger charge is -1.97. The van der Waals surface area contributed by atoms with Crippen LogP contribution in [-0.2, 0) is 20.0 Å². The normalized spacial score (nSPS) is 10.7. The molecule has 0 radical (unpaired) electrons. The van der Waals surface area contributed by atoms with Crippen molar-refractivity contribution in [2.75, 3.05) is 6.54 Å². The molecule has 8 nitrogen and oxygen atoms in total. The first-order valence-corrected chi connectivity index (χ1v) is 4.54. The highest BCUT2D eigenvalue weighted by atomic mass is 16.5. The highest BCUT2D eigenvalue weighted by Crippen LogP contribution is 1.91. The smallest absolute Gasteiger partial charge is 0.227 e. The number of hydrogen-bond donors (Lipinski definition) is 1. The van der Waals surface area contributed by atoms with Crippen LogP contribution in [0.3, 0.4) is 0 Å². The summed E-state index contributed by atoms with van der Waals surface area (Å²) in [5.74, 6) is 1.29. The van der Waals surface area contributed by atoms with Crippen molar-refractivity contribution >= 4 is 0 Å². The van der Waals surface area contributed by atoms with Crippen LogP contribution in [-0.4, -0.2) is 36.9 Å². The minimum absolute atomic E-state index is 0.585. The first-order valence-electron chi connectivity index (χ1n) is 4.54. The van der Waals surface area contributed by atoms with Crippen molar-refractivity contribution < 1.29 is 4.52 Å². The molecular formula is C7H11N7O. The molecule has 0 unspecified atom stereocenters. The molecule has 0 fully saturated rings. The monoisotopic (exact) mass is 209 g/mol. The molecule has 0 aromatic carbocycles. The van der Waals surface area contributed by atoms with E-state index in [2.05, 4.69) is 30.9 Å². The number of rotatable bonds is 5. The average molecular weight is 209 g/mol. The van der Waals surface area contributed by atoms with Crippen LogP contribution < -0.4 is 5.32 Å². The number of aryl methyl sites for hydroxylation is 1. The fourth-order valence-electron chi connectivity index (χ4n) is 1.10. The van der Waals surface area contributed by atoms with E-state index in [1.54, 1.807) is 7.05 Å². The molecule has 0 saturated carbocycles. The van der Waals surface area contributed by atoms with E-state index < -0.39 is 0 Å². The zero-order valence-electron chi connectivity index (χ0n) is 8.29. The molecular weight excluding hydrogens is 198 g/mol. The van der Waals surface area contributed by atoms with Gasteiger partial charge < -0.3 is 9.84 Å². The van der Waals surface area contributed by atoms with Crippen LogP contribution in [0.25, 0.3) is 0 Å². The maximum Gasteiger partial charge on any atom is 0.227 e. The number of hydrogen-bond acceptors (Lipinski definition) is 7. The van der Waals surface area contributed by atoms with Crippen molar-refractivity contribution in [2.45, 2.75) is 13.0 Å². The molecule has 0 bridgehead atoms. The highest BCUT2D eigenvalue weighted by molar-refractivity contribution is 4.78. The number of aromatic nitrogens is 6. The summed E-state index contributed by atoms with van der Waals surface area (Å²) >= 11 is 0. The molecule has 2 aromatic rings. The fraction of sp³-hybridized carbons (Fsp3) is 0.571. The lowest BCUT2D eigenvalue weighted by molar-refractivity contribution is 0.374. The third-order valence-electron chi connectivity index (χ3n) is 1.76. The lowest BCUT2D eigenvalue weighted by atomic mass is 10.4. The molecule has 80 valence electrons. The molecule has 0 saturated heterocycles. The van der Waals surface area contributed by atoms with Crippen molar-refractivity contribution in [3.8, 4) is 0 Å². The SMILES string of the molecule is Cn1nnc(CNCCc2ncno2)n1. The van der Waals surface area contributed by atoms with Crippen molar-refractivity contribution in [1.82, 2.24) is 35.7 Å². The standard InChI is InChI=1S/C7H11N7O/c1-14-12-6(11-13-14)4-8-3-2-7-9-5-10-15-7/h5,8H,2-4H2,1H3. The minimum atomic E-state index is 0.585. The third-order valence-corrected chi connectivity index (χ3v) is 1.76. The zero-order chi connectivity index (χ0) is 10.5. The highest BCUT2D eigenvalue weighted by Gasteiger charge is 2.01. The largest absolute Gasteiger partial charge is 0.340 e. The summed E-state index contributed by atoms with van der Waals surface area (Å²) in [5, 5.41) is 18.2. The molecule has 2 aromatic heterocycles. The van der Waals surface area contributed by atoms with E-state index in [0.717, 1.165) is 6.54 Å². The molecule has 8 heteroatoms. The van der Waals surface area contributed by atoms with Crippen molar-refractivity contribution in [1.29, 1.82) is 0 Å². The Morgan fingerprint density at radius 2 is 2.47 bits per heavy atom. The van der Waals surface area contributed by atoms with Gasteiger partial charge in [0.2, 0.25) is 5.89 Å². The van der Waals surface area contributed by atoms with Crippen LogP contribution in [0.2, 0.25) is 0 Å². The summed E-state index contributed by atoms with van der Waals surface area (Å²) in [6, 6.07) is 0. The van der Waals surface area contributed by atoms with Gasteiger partial charge in [-0.2, -0.15) is 9.78 Å². The molecule has 0 aliphatic carbocycles. The predicted molar refractivity (Wildman–Crippen MR) is 48.5 cm³/mol. The van der Waals surface area contributed by atoms with E-state index >= 15 is 0 Å². The molecule has 0 amide bonds. The zero-order valence-corrected chi connectivity index (χ0v) is 8.29. The molecule has 0 atom stereocenters. The summed E-state index contributed by atoms with van der Waals surface area (Å²) in [6.45, 7) is 1.32. The fourth-order valence-corrected chi connectivity index (χ4v) is 1.10. The van der Waals surface area contributed by atoms with Gasteiger partial charge in [0.05, 0.1) is 13.6 Å². The van der Waals surface area contributed by atoms with Crippen molar-refractivity contribution in [2.24, 2.45) is 7.05 Å². The Hall–Kier alpha value is -1.83. The van der Waals surface area contributed by atoms with Crippen LogP contribution in [0, 0.1) is 0 Å². The molecule has 15 heavy (non-hydrogen) atoms. The van der Waals surface area contributed by atoms with Crippen molar-refractivity contribution in [3.05, 3.63) is 18.0 Å². The number of nitrogens with one attached hydrogen (secondary N) is 1. The van der Waals surface area contributed by atoms with E-state index in [1.165, 1.54) is 11.1 Å². The number of nitrogens with zero attached hydrogens (tertiary/aromatic N) is 6.